The van der Waals surface area contributed by atoms with E-state index in [4.69, 9.17) is 0 Å². The van der Waals surface area contributed by atoms with Gasteiger partial charge in [0.05, 0.1) is 0 Å². The Morgan fingerprint density at radius 3 is 2.46 bits per heavy atom. The van der Waals surface area contributed by atoms with Crippen LogP contribution in [0.5, 0.6) is 0 Å². The van der Waals surface area contributed by atoms with Crippen LogP contribution in [0.3, 0.4) is 0 Å². The van der Waals surface area contributed by atoms with E-state index >= 15 is 0 Å². The lowest BCUT2D eigenvalue weighted by molar-refractivity contribution is -0.114. The van der Waals surface area contributed by atoms with E-state index in [1.165, 1.54) is 6.92 Å². The first-order valence-electron chi connectivity index (χ1n) is 8.32. The number of amides is 1. The number of piperidine rings is 1. The van der Waals surface area contributed by atoms with Gasteiger partial charge in [-0.2, -0.15) is 17.4 Å². The number of nitrogens with zero attached hydrogens (tertiary/aromatic N) is 1. The lowest BCUT2D eigenvalue weighted by Gasteiger charge is -2.34. The highest BCUT2D eigenvalue weighted by molar-refractivity contribution is 7.87. The summed E-state index contributed by atoms with van der Waals surface area (Å²) in [7, 11) is -3.54. The van der Waals surface area contributed by atoms with E-state index in [0.29, 0.717) is 30.6 Å². The maximum Gasteiger partial charge on any atom is 0.280 e. The van der Waals surface area contributed by atoms with Crippen molar-refractivity contribution in [3.05, 3.63) is 29.8 Å². The van der Waals surface area contributed by atoms with Gasteiger partial charge in [0.15, 0.2) is 0 Å². The average Bonchev–Trinajstić information content (AvgIpc) is 2.45. The first-order chi connectivity index (χ1) is 11.2. The molecule has 0 bridgehead atoms. The highest BCUT2D eigenvalue weighted by atomic mass is 32.2. The van der Waals surface area contributed by atoms with E-state index < -0.39 is 10.2 Å². The quantitative estimate of drug-likeness (QED) is 0.854. The van der Waals surface area contributed by atoms with Crippen LogP contribution in [0.2, 0.25) is 0 Å². The first-order valence-corrected chi connectivity index (χ1v) is 9.76. The second-order valence-corrected chi connectivity index (χ2v) is 8.62. The Kier molecular flexibility index (Phi) is 6.01. The fourth-order valence-electron chi connectivity index (χ4n) is 3.26. The SMILES string of the molecule is CC(=O)Nc1cccc([C@H](C)NS(=O)(=O)N2C[C@H](C)C[C@@H](C)C2)c1. The molecule has 1 aromatic carbocycles. The van der Waals surface area contributed by atoms with Gasteiger partial charge in [-0.15, -0.1) is 0 Å². The molecule has 0 unspecified atom stereocenters. The summed E-state index contributed by atoms with van der Waals surface area (Å²) in [6.07, 6.45) is 1.06. The smallest absolute Gasteiger partial charge is 0.280 e. The van der Waals surface area contributed by atoms with E-state index in [-0.39, 0.29) is 11.9 Å². The number of rotatable bonds is 5. The Morgan fingerprint density at radius 1 is 1.25 bits per heavy atom. The first kappa shape index (κ1) is 18.9. The Bertz CT molecular complexity index is 680. The molecule has 0 saturated carbocycles. The maximum absolute atomic E-state index is 12.7. The van der Waals surface area contributed by atoms with E-state index in [2.05, 4.69) is 23.9 Å². The van der Waals surface area contributed by atoms with Crippen LogP contribution in [-0.4, -0.2) is 31.7 Å². The van der Waals surface area contributed by atoms with Crippen molar-refractivity contribution < 1.29 is 13.2 Å². The number of nitrogens with one attached hydrogen (secondary N) is 2. The van der Waals surface area contributed by atoms with Crippen molar-refractivity contribution in [1.82, 2.24) is 9.03 Å². The fourth-order valence-corrected chi connectivity index (χ4v) is 4.89. The molecule has 24 heavy (non-hydrogen) atoms. The number of benzene rings is 1. The summed E-state index contributed by atoms with van der Waals surface area (Å²) < 4.78 is 29.6. The van der Waals surface area contributed by atoms with Crippen molar-refractivity contribution in [2.45, 2.75) is 40.2 Å². The molecule has 2 N–H and O–H groups in total. The average molecular weight is 353 g/mol. The van der Waals surface area contributed by atoms with E-state index in [1.807, 2.05) is 6.07 Å². The predicted octanol–water partition coefficient (Wildman–Crippen LogP) is 2.52. The van der Waals surface area contributed by atoms with Gasteiger partial charge in [0, 0.05) is 31.7 Å². The molecule has 1 fully saturated rings. The normalized spacial score (nSPS) is 23.7. The molecule has 0 radical (unpaired) electrons. The molecule has 7 heteroatoms. The van der Waals surface area contributed by atoms with Gasteiger partial charge in [0.2, 0.25) is 5.91 Å². The number of carbonyl (C=O) groups excluding carboxylic acids is 1. The zero-order valence-corrected chi connectivity index (χ0v) is 15.6. The lowest BCUT2D eigenvalue weighted by Crippen LogP contribution is -2.48. The fraction of sp³-hybridized carbons (Fsp3) is 0.588. The van der Waals surface area contributed by atoms with Gasteiger partial charge in [-0.3, -0.25) is 4.79 Å². The molecule has 1 aliphatic rings. The number of hydrogen-bond donors (Lipinski definition) is 2. The molecular formula is C17H27N3O3S. The maximum atomic E-state index is 12.7. The van der Waals surface area contributed by atoms with Gasteiger partial charge < -0.3 is 5.32 Å². The van der Waals surface area contributed by atoms with Crippen molar-refractivity contribution in [2.24, 2.45) is 11.8 Å². The minimum Gasteiger partial charge on any atom is -0.326 e. The molecule has 0 aromatic heterocycles. The lowest BCUT2D eigenvalue weighted by atomic mass is 9.94. The number of anilines is 1. The van der Waals surface area contributed by atoms with Crippen LogP contribution in [0, 0.1) is 11.8 Å². The van der Waals surface area contributed by atoms with Crippen LogP contribution in [0.25, 0.3) is 0 Å². The zero-order valence-electron chi connectivity index (χ0n) is 14.7. The third kappa shape index (κ3) is 5.03. The minimum atomic E-state index is -3.54. The van der Waals surface area contributed by atoms with Crippen molar-refractivity contribution >= 4 is 21.8 Å². The molecule has 1 amide bonds. The topological polar surface area (TPSA) is 78.5 Å². The van der Waals surface area contributed by atoms with E-state index in [9.17, 15) is 13.2 Å². The largest absolute Gasteiger partial charge is 0.326 e. The number of carbonyl (C=O) groups is 1. The molecule has 134 valence electrons. The number of hydrogen-bond acceptors (Lipinski definition) is 3. The Morgan fingerprint density at radius 2 is 1.88 bits per heavy atom. The zero-order chi connectivity index (χ0) is 17.9. The third-order valence-electron chi connectivity index (χ3n) is 4.21. The highest BCUT2D eigenvalue weighted by Crippen LogP contribution is 2.24. The van der Waals surface area contributed by atoms with Crippen molar-refractivity contribution in [2.75, 3.05) is 18.4 Å². The molecule has 1 aliphatic heterocycles. The summed E-state index contributed by atoms with van der Waals surface area (Å²) in [4.78, 5) is 11.2. The summed E-state index contributed by atoms with van der Waals surface area (Å²) in [6.45, 7) is 8.52. The van der Waals surface area contributed by atoms with Gasteiger partial charge in [-0.25, -0.2) is 0 Å². The summed E-state index contributed by atoms with van der Waals surface area (Å²) in [6, 6.07) is 6.84. The summed E-state index contributed by atoms with van der Waals surface area (Å²) in [5.74, 6) is 0.573. The summed E-state index contributed by atoms with van der Waals surface area (Å²) in [5, 5.41) is 2.71. The molecular weight excluding hydrogens is 326 g/mol. The molecule has 0 spiro atoms. The van der Waals surface area contributed by atoms with Crippen LogP contribution in [0.15, 0.2) is 24.3 Å². The molecule has 2 rings (SSSR count). The van der Waals surface area contributed by atoms with E-state index in [1.54, 1.807) is 29.4 Å². The Labute approximate surface area is 144 Å². The molecule has 1 heterocycles. The summed E-state index contributed by atoms with van der Waals surface area (Å²) in [5.41, 5.74) is 1.47. The van der Waals surface area contributed by atoms with Gasteiger partial charge >= 0.3 is 0 Å². The van der Waals surface area contributed by atoms with Gasteiger partial charge in [-0.1, -0.05) is 26.0 Å². The Balaban J connectivity index is 2.10. The highest BCUT2D eigenvalue weighted by Gasteiger charge is 2.31. The minimum absolute atomic E-state index is 0.156. The molecule has 1 saturated heterocycles. The van der Waals surface area contributed by atoms with Crippen LogP contribution >= 0.6 is 0 Å². The predicted molar refractivity (Wildman–Crippen MR) is 95.7 cm³/mol. The van der Waals surface area contributed by atoms with E-state index in [0.717, 1.165) is 12.0 Å². The Hall–Kier alpha value is -1.44. The summed E-state index contributed by atoms with van der Waals surface area (Å²) >= 11 is 0. The molecule has 0 aliphatic carbocycles. The standard InChI is InChI=1S/C17H27N3O3S/c1-12-8-13(2)11-20(10-12)24(22,23)19-14(3)16-6-5-7-17(9-16)18-15(4)21/h5-7,9,12-14,19H,8,10-11H2,1-4H3,(H,18,21)/t12-,13-,14+/m1/s1. The van der Waals surface area contributed by atoms with Gasteiger partial charge in [0.1, 0.15) is 0 Å². The van der Waals surface area contributed by atoms with Crippen LogP contribution in [0.4, 0.5) is 5.69 Å². The van der Waals surface area contributed by atoms with Crippen molar-refractivity contribution in [1.29, 1.82) is 0 Å². The molecule has 1 aromatic rings. The van der Waals surface area contributed by atoms with Crippen LogP contribution in [-0.2, 0) is 15.0 Å². The van der Waals surface area contributed by atoms with Crippen molar-refractivity contribution in [3.8, 4) is 0 Å². The second-order valence-electron chi connectivity index (χ2n) is 6.91. The van der Waals surface area contributed by atoms with Crippen molar-refractivity contribution in [3.63, 3.8) is 0 Å². The second kappa shape index (κ2) is 7.63. The third-order valence-corrected chi connectivity index (χ3v) is 5.84. The van der Waals surface area contributed by atoms with Crippen LogP contribution < -0.4 is 10.0 Å². The molecule has 6 nitrogen and oxygen atoms in total. The monoisotopic (exact) mass is 353 g/mol. The van der Waals surface area contributed by atoms with Crippen LogP contribution in [0.1, 0.15) is 45.7 Å². The molecule has 3 atom stereocenters. The van der Waals surface area contributed by atoms with Gasteiger partial charge in [0.25, 0.3) is 10.2 Å². The van der Waals surface area contributed by atoms with Gasteiger partial charge in [-0.05, 0) is 42.9 Å².